The number of pyridine rings is 2. The van der Waals surface area contributed by atoms with Crippen molar-refractivity contribution in [2.45, 2.75) is 13.3 Å². The summed E-state index contributed by atoms with van der Waals surface area (Å²) in [6.07, 6.45) is 3.81. The highest BCUT2D eigenvalue weighted by atomic mass is 16.5. The van der Waals surface area contributed by atoms with Gasteiger partial charge < -0.3 is 9.84 Å². The summed E-state index contributed by atoms with van der Waals surface area (Å²) < 4.78 is 6.59. The molecule has 3 aromatic heterocycles. The van der Waals surface area contributed by atoms with Gasteiger partial charge in [-0.05, 0) is 19.1 Å². The number of carboxylic acids is 1. The van der Waals surface area contributed by atoms with Crippen molar-refractivity contribution in [1.82, 2.24) is 19.6 Å². The SMILES string of the molecule is COCCc1nc2c(C(=O)O)c(-c3cccnc3)cc(C)n2n1. The van der Waals surface area contributed by atoms with Gasteiger partial charge in [0.1, 0.15) is 5.56 Å². The Morgan fingerprint density at radius 3 is 2.91 bits per heavy atom. The number of carboxylic acid groups (broad SMARTS) is 1. The molecule has 0 fully saturated rings. The molecule has 0 amide bonds. The number of aromatic nitrogens is 4. The molecule has 3 rings (SSSR count). The van der Waals surface area contributed by atoms with Crippen LogP contribution >= 0.6 is 0 Å². The molecule has 0 unspecified atom stereocenters. The van der Waals surface area contributed by atoms with E-state index in [0.29, 0.717) is 30.1 Å². The molecule has 0 aliphatic carbocycles. The highest BCUT2D eigenvalue weighted by Crippen LogP contribution is 2.27. The molecular weight excluding hydrogens is 296 g/mol. The Kier molecular flexibility index (Phi) is 4.03. The van der Waals surface area contributed by atoms with E-state index in [1.807, 2.05) is 13.0 Å². The summed E-state index contributed by atoms with van der Waals surface area (Å²) in [7, 11) is 1.60. The summed E-state index contributed by atoms with van der Waals surface area (Å²) in [5, 5.41) is 14.0. The summed E-state index contributed by atoms with van der Waals surface area (Å²) >= 11 is 0. The molecule has 0 aliphatic rings. The molecule has 1 N–H and O–H groups in total. The van der Waals surface area contributed by atoms with E-state index in [2.05, 4.69) is 15.1 Å². The van der Waals surface area contributed by atoms with E-state index in [9.17, 15) is 9.90 Å². The fraction of sp³-hybridized carbons (Fsp3) is 0.250. The van der Waals surface area contributed by atoms with Crippen molar-refractivity contribution in [2.75, 3.05) is 13.7 Å². The van der Waals surface area contributed by atoms with Crippen molar-refractivity contribution in [3.63, 3.8) is 0 Å². The van der Waals surface area contributed by atoms with Crippen LogP contribution in [0, 0.1) is 6.92 Å². The first-order chi connectivity index (χ1) is 11.1. The number of carbonyl (C=O) groups is 1. The van der Waals surface area contributed by atoms with Gasteiger partial charge in [0.05, 0.1) is 6.61 Å². The van der Waals surface area contributed by atoms with Crippen LogP contribution in [0.15, 0.2) is 30.6 Å². The normalized spacial score (nSPS) is 11.0. The Morgan fingerprint density at radius 2 is 2.26 bits per heavy atom. The second kappa shape index (κ2) is 6.13. The average molecular weight is 312 g/mol. The quantitative estimate of drug-likeness (QED) is 0.775. The number of ether oxygens (including phenoxy) is 1. The number of fused-ring (bicyclic) bond motifs is 1. The predicted molar refractivity (Wildman–Crippen MR) is 83.5 cm³/mol. The van der Waals surface area contributed by atoms with Crippen molar-refractivity contribution < 1.29 is 14.6 Å². The minimum Gasteiger partial charge on any atom is -0.478 e. The topological polar surface area (TPSA) is 89.6 Å². The number of aryl methyl sites for hydroxylation is 1. The highest BCUT2D eigenvalue weighted by Gasteiger charge is 2.21. The molecule has 0 bridgehead atoms. The van der Waals surface area contributed by atoms with Gasteiger partial charge in [0.25, 0.3) is 0 Å². The molecule has 0 atom stereocenters. The lowest BCUT2D eigenvalue weighted by Gasteiger charge is -2.09. The van der Waals surface area contributed by atoms with E-state index in [1.54, 1.807) is 36.2 Å². The van der Waals surface area contributed by atoms with Crippen molar-refractivity contribution in [1.29, 1.82) is 0 Å². The Morgan fingerprint density at radius 1 is 1.43 bits per heavy atom. The maximum Gasteiger partial charge on any atom is 0.340 e. The largest absolute Gasteiger partial charge is 0.478 e. The molecule has 3 heterocycles. The van der Waals surface area contributed by atoms with Crippen LogP contribution in [-0.4, -0.2) is 44.4 Å². The lowest BCUT2D eigenvalue weighted by Crippen LogP contribution is -2.06. The number of nitrogens with zero attached hydrogens (tertiary/aromatic N) is 4. The number of aromatic carboxylic acids is 1. The van der Waals surface area contributed by atoms with Gasteiger partial charge in [-0.1, -0.05) is 6.07 Å². The van der Waals surface area contributed by atoms with Crippen LogP contribution in [0.2, 0.25) is 0 Å². The number of hydrogen-bond donors (Lipinski definition) is 1. The molecule has 0 saturated carbocycles. The van der Waals surface area contributed by atoms with Crippen molar-refractivity contribution >= 4 is 11.6 Å². The lowest BCUT2D eigenvalue weighted by molar-refractivity contribution is 0.0699. The van der Waals surface area contributed by atoms with Gasteiger partial charge in [0.15, 0.2) is 11.5 Å². The zero-order valence-corrected chi connectivity index (χ0v) is 12.9. The van der Waals surface area contributed by atoms with Crippen LogP contribution in [0.3, 0.4) is 0 Å². The fourth-order valence-corrected chi connectivity index (χ4v) is 2.48. The van der Waals surface area contributed by atoms with Gasteiger partial charge in [0, 0.05) is 42.7 Å². The third-order valence-electron chi connectivity index (χ3n) is 3.55. The van der Waals surface area contributed by atoms with Crippen molar-refractivity contribution in [3.05, 3.63) is 47.7 Å². The zero-order valence-electron chi connectivity index (χ0n) is 12.9. The summed E-state index contributed by atoms with van der Waals surface area (Å²) in [5.41, 5.74) is 2.58. The number of rotatable bonds is 5. The summed E-state index contributed by atoms with van der Waals surface area (Å²) in [6.45, 7) is 2.35. The van der Waals surface area contributed by atoms with Gasteiger partial charge in [-0.2, -0.15) is 5.10 Å². The van der Waals surface area contributed by atoms with Gasteiger partial charge >= 0.3 is 5.97 Å². The molecule has 7 heteroatoms. The van der Waals surface area contributed by atoms with Crippen LogP contribution < -0.4 is 0 Å². The number of methoxy groups -OCH3 is 1. The van der Waals surface area contributed by atoms with E-state index in [1.165, 1.54) is 0 Å². The second-order valence-corrected chi connectivity index (χ2v) is 5.13. The molecule has 0 spiro atoms. The molecule has 0 aliphatic heterocycles. The molecule has 3 aromatic rings. The van der Waals surface area contributed by atoms with Crippen LogP contribution in [-0.2, 0) is 11.2 Å². The van der Waals surface area contributed by atoms with E-state index >= 15 is 0 Å². The third-order valence-corrected chi connectivity index (χ3v) is 3.55. The van der Waals surface area contributed by atoms with E-state index in [4.69, 9.17) is 4.74 Å². The fourth-order valence-electron chi connectivity index (χ4n) is 2.48. The average Bonchev–Trinajstić information content (AvgIpc) is 2.97. The first-order valence-electron chi connectivity index (χ1n) is 7.13. The molecule has 7 nitrogen and oxygen atoms in total. The Labute approximate surface area is 132 Å². The van der Waals surface area contributed by atoms with Gasteiger partial charge in [-0.3, -0.25) is 4.98 Å². The lowest BCUT2D eigenvalue weighted by atomic mass is 10.0. The van der Waals surface area contributed by atoms with Gasteiger partial charge in [-0.15, -0.1) is 0 Å². The summed E-state index contributed by atoms with van der Waals surface area (Å²) in [6, 6.07) is 5.39. The smallest absolute Gasteiger partial charge is 0.340 e. The third kappa shape index (κ3) is 2.78. The second-order valence-electron chi connectivity index (χ2n) is 5.13. The zero-order chi connectivity index (χ0) is 16.4. The predicted octanol–water partition coefficient (Wildman–Crippen LogP) is 1.99. The molecular formula is C16H16N4O3. The van der Waals surface area contributed by atoms with E-state index < -0.39 is 5.97 Å². The standard InChI is InChI=1S/C16H16N4O3/c1-10-8-12(11-4-3-6-17-9-11)14(16(21)22)15-18-13(5-7-23-2)19-20(10)15/h3-4,6,8-9H,5,7H2,1-2H3,(H,21,22). The summed E-state index contributed by atoms with van der Waals surface area (Å²) in [5.74, 6) is -0.486. The molecule has 23 heavy (non-hydrogen) atoms. The Balaban J connectivity index is 2.25. The minimum atomic E-state index is -1.04. The first-order valence-corrected chi connectivity index (χ1v) is 7.13. The maximum absolute atomic E-state index is 11.8. The van der Waals surface area contributed by atoms with Gasteiger partial charge in [-0.25, -0.2) is 14.3 Å². The summed E-state index contributed by atoms with van der Waals surface area (Å²) in [4.78, 5) is 20.3. The van der Waals surface area contributed by atoms with E-state index in [-0.39, 0.29) is 5.56 Å². The van der Waals surface area contributed by atoms with Crippen LogP contribution in [0.25, 0.3) is 16.8 Å². The van der Waals surface area contributed by atoms with Crippen LogP contribution in [0.4, 0.5) is 0 Å². The van der Waals surface area contributed by atoms with Crippen LogP contribution in [0.5, 0.6) is 0 Å². The number of hydrogen-bond acceptors (Lipinski definition) is 5. The van der Waals surface area contributed by atoms with Crippen molar-refractivity contribution in [2.24, 2.45) is 0 Å². The van der Waals surface area contributed by atoms with Crippen LogP contribution in [0.1, 0.15) is 21.9 Å². The first kappa shape index (κ1) is 15.1. The molecule has 0 saturated heterocycles. The molecule has 0 aromatic carbocycles. The van der Waals surface area contributed by atoms with E-state index in [0.717, 1.165) is 11.3 Å². The van der Waals surface area contributed by atoms with Gasteiger partial charge in [0.2, 0.25) is 0 Å². The Hall–Kier alpha value is -2.80. The maximum atomic E-state index is 11.8. The molecule has 0 radical (unpaired) electrons. The minimum absolute atomic E-state index is 0.125. The molecule has 118 valence electrons. The highest BCUT2D eigenvalue weighted by molar-refractivity contribution is 6.02. The Bertz CT molecular complexity index is 859. The van der Waals surface area contributed by atoms with Crippen molar-refractivity contribution in [3.8, 4) is 11.1 Å². The monoisotopic (exact) mass is 312 g/mol.